The number of carbonyl (C=O) groups excluding carboxylic acids is 1. The quantitative estimate of drug-likeness (QED) is 0.862. The van der Waals surface area contributed by atoms with Gasteiger partial charge < -0.3 is 5.32 Å². The van der Waals surface area contributed by atoms with Gasteiger partial charge in [-0.25, -0.2) is 8.42 Å². The molecule has 21 heavy (non-hydrogen) atoms. The van der Waals surface area contributed by atoms with E-state index in [1.54, 1.807) is 29.9 Å². The third-order valence-electron chi connectivity index (χ3n) is 2.74. The predicted molar refractivity (Wildman–Crippen MR) is 80.2 cm³/mol. The molecule has 0 aliphatic rings. The van der Waals surface area contributed by atoms with Gasteiger partial charge in [-0.1, -0.05) is 12.1 Å². The van der Waals surface area contributed by atoms with E-state index in [0.29, 0.717) is 6.54 Å². The summed E-state index contributed by atoms with van der Waals surface area (Å²) in [5.41, 5.74) is 0.856. The molecular formula is C13H15N3O3S2. The number of hydrogen-bond donors (Lipinski definition) is 1. The number of nitrogens with zero attached hydrogens (tertiary/aromatic N) is 2. The standard InChI is InChI=1S/C13H15N3O3S2/c1-16(21(18,19)13-5-3-7-20-13)10-12(17)15-9-11-4-2-6-14-8-11/h2-8H,9-10H2,1H3,(H,15,17). The monoisotopic (exact) mass is 325 g/mol. The Labute approximate surface area is 127 Å². The van der Waals surface area contributed by atoms with Crippen molar-refractivity contribution in [3.05, 3.63) is 47.6 Å². The van der Waals surface area contributed by atoms with E-state index in [1.807, 2.05) is 6.07 Å². The second kappa shape index (κ2) is 6.79. The maximum absolute atomic E-state index is 12.1. The molecule has 0 atom stereocenters. The number of amides is 1. The van der Waals surface area contributed by atoms with Crippen LogP contribution >= 0.6 is 11.3 Å². The number of aromatic nitrogens is 1. The Morgan fingerprint density at radius 3 is 2.81 bits per heavy atom. The Bertz CT molecular complexity index is 685. The van der Waals surface area contributed by atoms with Crippen molar-refractivity contribution in [2.24, 2.45) is 0 Å². The largest absolute Gasteiger partial charge is 0.351 e. The molecule has 0 radical (unpaired) electrons. The lowest BCUT2D eigenvalue weighted by Crippen LogP contribution is -2.37. The Morgan fingerprint density at radius 2 is 2.19 bits per heavy atom. The van der Waals surface area contributed by atoms with Crippen LogP contribution in [0.4, 0.5) is 0 Å². The van der Waals surface area contributed by atoms with Crippen molar-refractivity contribution in [3.63, 3.8) is 0 Å². The fourth-order valence-electron chi connectivity index (χ4n) is 1.61. The van der Waals surface area contributed by atoms with Crippen LogP contribution in [-0.4, -0.2) is 37.2 Å². The van der Waals surface area contributed by atoms with Crippen LogP contribution in [0, 0.1) is 0 Å². The Kier molecular flexibility index (Phi) is 5.05. The number of nitrogens with one attached hydrogen (secondary N) is 1. The zero-order valence-corrected chi connectivity index (χ0v) is 13.0. The van der Waals surface area contributed by atoms with Crippen LogP contribution in [-0.2, 0) is 21.4 Å². The van der Waals surface area contributed by atoms with Gasteiger partial charge in [0.15, 0.2) is 0 Å². The lowest BCUT2D eigenvalue weighted by atomic mass is 10.3. The van der Waals surface area contributed by atoms with Gasteiger partial charge in [-0.2, -0.15) is 4.31 Å². The summed E-state index contributed by atoms with van der Waals surface area (Å²) in [4.78, 5) is 15.7. The van der Waals surface area contributed by atoms with E-state index in [4.69, 9.17) is 0 Å². The van der Waals surface area contributed by atoms with Gasteiger partial charge in [-0.15, -0.1) is 11.3 Å². The highest BCUT2D eigenvalue weighted by molar-refractivity contribution is 7.91. The molecule has 2 aromatic rings. The molecule has 0 aromatic carbocycles. The average Bonchev–Trinajstić information content (AvgIpc) is 3.01. The molecule has 0 unspecified atom stereocenters. The zero-order valence-electron chi connectivity index (χ0n) is 11.4. The van der Waals surface area contributed by atoms with Crippen molar-refractivity contribution < 1.29 is 13.2 Å². The molecule has 0 saturated heterocycles. The molecule has 2 heterocycles. The van der Waals surface area contributed by atoms with E-state index < -0.39 is 10.0 Å². The molecule has 0 bridgehead atoms. The molecule has 112 valence electrons. The summed E-state index contributed by atoms with van der Waals surface area (Å²) in [6, 6.07) is 6.78. The summed E-state index contributed by atoms with van der Waals surface area (Å²) in [6.45, 7) is 0.0973. The van der Waals surface area contributed by atoms with Crippen molar-refractivity contribution >= 4 is 27.3 Å². The normalized spacial score (nSPS) is 11.5. The van der Waals surface area contributed by atoms with E-state index >= 15 is 0 Å². The fourth-order valence-corrected chi connectivity index (χ4v) is 3.94. The molecule has 2 rings (SSSR count). The SMILES string of the molecule is CN(CC(=O)NCc1cccnc1)S(=O)(=O)c1cccs1. The third-order valence-corrected chi connectivity index (χ3v) is 5.91. The first-order chi connectivity index (χ1) is 10.00. The van der Waals surface area contributed by atoms with Crippen molar-refractivity contribution in [2.75, 3.05) is 13.6 Å². The lowest BCUT2D eigenvalue weighted by Gasteiger charge is -2.15. The number of sulfonamides is 1. The maximum atomic E-state index is 12.1. The molecule has 1 N–H and O–H groups in total. The zero-order chi connectivity index (χ0) is 15.3. The summed E-state index contributed by atoms with van der Waals surface area (Å²) in [5.74, 6) is -0.360. The van der Waals surface area contributed by atoms with Gasteiger partial charge in [-0.05, 0) is 23.1 Å². The summed E-state index contributed by atoms with van der Waals surface area (Å²) in [5, 5.41) is 4.35. The Hall–Kier alpha value is -1.77. The van der Waals surface area contributed by atoms with Crippen LogP contribution in [0.2, 0.25) is 0 Å². The van der Waals surface area contributed by atoms with Gasteiger partial charge in [-0.3, -0.25) is 9.78 Å². The number of pyridine rings is 1. The van der Waals surface area contributed by atoms with Gasteiger partial charge in [0.1, 0.15) is 4.21 Å². The first-order valence-electron chi connectivity index (χ1n) is 6.15. The van der Waals surface area contributed by atoms with Gasteiger partial charge in [0, 0.05) is 26.0 Å². The fraction of sp³-hybridized carbons (Fsp3) is 0.231. The highest BCUT2D eigenvalue weighted by Gasteiger charge is 2.23. The van der Waals surface area contributed by atoms with Gasteiger partial charge in [0.2, 0.25) is 5.91 Å². The van der Waals surface area contributed by atoms with Crippen LogP contribution in [0.15, 0.2) is 46.2 Å². The van der Waals surface area contributed by atoms with Crippen LogP contribution in [0.5, 0.6) is 0 Å². The number of carbonyl (C=O) groups is 1. The summed E-state index contributed by atoms with van der Waals surface area (Å²) < 4.78 is 25.6. The molecule has 0 aliphatic carbocycles. The number of rotatable bonds is 6. The van der Waals surface area contributed by atoms with Crippen molar-refractivity contribution in [1.82, 2.24) is 14.6 Å². The predicted octanol–water partition coefficient (Wildman–Crippen LogP) is 1.08. The molecule has 0 aliphatic heterocycles. The molecule has 6 nitrogen and oxygen atoms in total. The molecule has 8 heteroatoms. The molecule has 0 spiro atoms. The number of hydrogen-bond acceptors (Lipinski definition) is 5. The Morgan fingerprint density at radius 1 is 1.38 bits per heavy atom. The molecule has 2 aromatic heterocycles. The topological polar surface area (TPSA) is 79.4 Å². The van der Waals surface area contributed by atoms with Crippen LogP contribution < -0.4 is 5.32 Å². The second-order valence-electron chi connectivity index (χ2n) is 4.33. The van der Waals surface area contributed by atoms with E-state index in [1.165, 1.54) is 13.1 Å². The highest BCUT2D eigenvalue weighted by atomic mass is 32.2. The minimum atomic E-state index is -3.59. The molecule has 0 saturated carbocycles. The maximum Gasteiger partial charge on any atom is 0.252 e. The van der Waals surface area contributed by atoms with Crippen molar-refractivity contribution in [1.29, 1.82) is 0 Å². The molecule has 1 amide bonds. The number of likely N-dealkylation sites (N-methyl/N-ethyl adjacent to an activating group) is 1. The van der Waals surface area contributed by atoms with Gasteiger partial charge >= 0.3 is 0 Å². The van der Waals surface area contributed by atoms with Gasteiger partial charge in [0.05, 0.1) is 6.54 Å². The summed E-state index contributed by atoms with van der Waals surface area (Å²) >= 11 is 1.13. The first-order valence-corrected chi connectivity index (χ1v) is 8.47. The second-order valence-corrected chi connectivity index (χ2v) is 7.55. The number of thiophene rings is 1. The Balaban J connectivity index is 1.91. The lowest BCUT2D eigenvalue weighted by molar-refractivity contribution is -0.121. The molecule has 0 fully saturated rings. The summed E-state index contributed by atoms with van der Waals surface area (Å²) in [6.07, 6.45) is 3.29. The van der Waals surface area contributed by atoms with Crippen LogP contribution in [0.1, 0.15) is 5.56 Å². The van der Waals surface area contributed by atoms with Crippen molar-refractivity contribution in [2.45, 2.75) is 10.8 Å². The van der Waals surface area contributed by atoms with Crippen molar-refractivity contribution in [3.8, 4) is 0 Å². The minimum absolute atomic E-state index is 0.222. The first kappa shape index (κ1) is 15.6. The molecular weight excluding hydrogens is 310 g/mol. The highest BCUT2D eigenvalue weighted by Crippen LogP contribution is 2.19. The van der Waals surface area contributed by atoms with E-state index in [0.717, 1.165) is 21.2 Å². The summed E-state index contributed by atoms with van der Waals surface area (Å²) in [7, 11) is -2.21. The third kappa shape index (κ3) is 4.10. The average molecular weight is 325 g/mol. The van der Waals surface area contributed by atoms with E-state index in [9.17, 15) is 13.2 Å². The van der Waals surface area contributed by atoms with Crippen LogP contribution in [0.25, 0.3) is 0 Å². The van der Waals surface area contributed by atoms with Gasteiger partial charge in [0.25, 0.3) is 10.0 Å². The van der Waals surface area contributed by atoms with E-state index in [-0.39, 0.29) is 16.7 Å². The van der Waals surface area contributed by atoms with Crippen LogP contribution in [0.3, 0.4) is 0 Å². The van der Waals surface area contributed by atoms with E-state index in [2.05, 4.69) is 10.3 Å². The minimum Gasteiger partial charge on any atom is -0.351 e. The smallest absolute Gasteiger partial charge is 0.252 e.